The molecule has 0 aliphatic rings. The summed E-state index contributed by atoms with van der Waals surface area (Å²) in [5, 5.41) is 5.73. The maximum Gasteiger partial charge on any atom is 0.251 e. The first kappa shape index (κ1) is 24.2. The first-order chi connectivity index (χ1) is 16.1. The number of thioether (sulfide) groups is 1. The molecule has 3 rings (SSSR count). The minimum Gasteiger partial charge on any atom is -0.494 e. The molecule has 6 nitrogen and oxygen atoms in total. The molecule has 0 saturated heterocycles. The maximum absolute atomic E-state index is 12.9. The van der Waals surface area contributed by atoms with Crippen LogP contribution in [0.5, 0.6) is 17.2 Å². The van der Waals surface area contributed by atoms with Crippen molar-refractivity contribution in [2.24, 2.45) is 0 Å². The quantitative estimate of drug-likeness (QED) is 0.399. The van der Waals surface area contributed by atoms with Crippen LogP contribution in [-0.2, 0) is 4.79 Å². The second-order valence-corrected chi connectivity index (χ2v) is 8.18. The van der Waals surface area contributed by atoms with E-state index >= 15 is 0 Å². The van der Waals surface area contributed by atoms with Crippen LogP contribution in [0, 0.1) is 0 Å². The topological polar surface area (TPSA) is 76.7 Å². The molecule has 3 aromatic carbocycles. The molecule has 2 N–H and O–H groups in total. The third-order valence-electron chi connectivity index (χ3n) is 4.76. The summed E-state index contributed by atoms with van der Waals surface area (Å²) in [5.74, 6) is 2.36. The van der Waals surface area contributed by atoms with Crippen LogP contribution >= 0.6 is 11.8 Å². The van der Waals surface area contributed by atoms with Crippen molar-refractivity contribution < 1.29 is 19.1 Å². The lowest BCUT2D eigenvalue weighted by Crippen LogP contribution is -2.44. The zero-order valence-electron chi connectivity index (χ0n) is 18.7. The van der Waals surface area contributed by atoms with Crippen LogP contribution in [0.25, 0.3) is 0 Å². The first-order valence-corrected chi connectivity index (χ1v) is 12.1. The Hall–Kier alpha value is -3.45. The standard InChI is InChI=1S/C26H28N2O4S/c1-3-31-21-13-15-23(16-14-21)32-22-11-9-20(10-12-22)27-26(30)24(17-18-33-2)28-25(29)19-7-5-4-6-8-19/h4-16,24H,3,17-18H2,1-2H3,(H,27,30)(H,28,29). The fraction of sp³-hybridized carbons (Fsp3) is 0.231. The van der Waals surface area contributed by atoms with E-state index in [1.807, 2.05) is 43.5 Å². The predicted molar refractivity (Wildman–Crippen MR) is 133 cm³/mol. The molecule has 3 aromatic rings. The molecule has 1 unspecified atom stereocenters. The maximum atomic E-state index is 12.9. The third kappa shape index (κ3) is 7.57. The van der Waals surface area contributed by atoms with Gasteiger partial charge in [-0.3, -0.25) is 9.59 Å². The van der Waals surface area contributed by atoms with Crippen molar-refractivity contribution in [2.45, 2.75) is 19.4 Å². The third-order valence-corrected chi connectivity index (χ3v) is 5.40. The van der Waals surface area contributed by atoms with E-state index in [2.05, 4.69) is 10.6 Å². The molecule has 0 bridgehead atoms. The van der Waals surface area contributed by atoms with Crippen LogP contribution in [0.1, 0.15) is 23.7 Å². The highest BCUT2D eigenvalue weighted by molar-refractivity contribution is 7.98. The monoisotopic (exact) mass is 464 g/mol. The number of rotatable bonds is 11. The summed E-state index contributed by atoms with van der Waals surface area (Å²) in [6.07, 6.45) is 2.50. The Morgan fingerprint density at radius 2 is 1.48 bits per heavy atom. The molecule has 33 heavy (non-hydrogen) atoms. The molecule has 0 saturated carbocycles. The van der Waals surface area contributed by atoms with E-state index in [0.29, 0.717) is 35.8 Å². The van der Waals surface area contributed by atoms with Gasteiger partial charge in [0.1, 0.15) is 23.3 Å². The summed E-state index contributed by atoms with van der Waals surface area (Å²) < 4.78 is 11.3. The predicted octanol–water partition coefficient (Wildman–Crippen LogP) is 5.37. The van der Waals surface area contributed by atoms with Crippen molar-refractivity contribution >= 4 is 29.3 Å². The fourth-order valence-electron chi connectivity index (χ4n) is 3.08. The lowest BCUT2D eigenvalue weighted by molar-refractivity contribution is -0.118. The van der Waals surface area contributed by atoms with E-state index in [1.165, 1.54) is 0 Å². The van der Waals surface area contributed by atoms with E-state index in [4.69, 9.17) is 9.47 Å². The molecule has 0 aromatic heterocycles. The summed E-state index contributed by atoms with van der Waals surface area (Å²) in [4.78, 5) is 25.4. The van der Waals surface area contributed by atoms with Crippen LogP contribution in [0.15, 0.2) is 78.9 Å². The molecule has 0 fully saturated rings. The number of nitrogens with one attached hydrogen (secondary N) is 2. The fourth-order valence-corrected chi connectivity index (χ4v) is 3.55. The summed E-state index contributed by atoms with van der Waals surface area (Å²) in [6.45, 7) is 2.55. The SMILES string of the molecule is CCOc1ccc(Oc2ccc(NC(=O)C(CCSC)NC(=O)c3ccccc3)cc2)cc1. The summed E-state index contributed by atoms with van der Waals surface area (Å²) >= 11 is 1.63. The largest absolute Gasteiger partial charge is 0.494 e. The molecular weight excluding hydrogens is 436 g/mol. The van der Waals surface area contributed by atoms with E-state index in [0.717, 1.165) is 11.5 Å². The average molecular weight is 465 g/mol. The minimum absolute atomic E-state index is 0.256. The van der Waals surface area contributed by atoms with Crippen molar-refractivity contribution in [3.63, 3.8) is 0 Å². The second-order valence-electron chi connectivity index (χ2n) is 7.19. The number of hydrogen-bond donors (Lipinski definition) is 2. The Morgan fingerprint density at radius 1 is 0.879 bits per heavy atom. The zero-order chi connectivity index (χ0) is 23.5. The van der Waals surface area contributed by atoms with E-state index < -0.39 is 6.04 Å². The van der Waals surface area contributed by atoms with Gasteiger partial charge in [-0.15, -0.1) is 0 Å². The van der Waals surface area contributed by atoms with Gasteiger partial charge in [0.25, 0.3) is 5.91 Å². The highest BCUT2D eigenvalue weighted by Crippen LogP contribution is 2.25. The van der Waals surface area contributed by atoms with Gasteiger partial charge in [-0.25, -0.2) is 0 Å². The second kappa shape index (κ2) is 12.6. The lowest BCUT2D eigenvalue weighted by atomic mass is 10.1. The van der Waals surface area contributed by atoms with Crippen LogP contribution in [0.4, 0.5) is 5.69 Å². The molecule has 0 heterocycles. The van der Waals surface area contributed by atoms with Gasteiger partial charge >= 0.3 is 0 Å². The number of amides is 2. The van der Waals surface area contributed by atoms with E-state index in [9.17, 15) is 9.59 Å². The van der Waals surface area contributed by atoms with Gasteiger partial charge < -0.3 is 20.1 Å². The van der Waals surface area contributed by atoms with Gasteiger partial charge in [-0.05, 0) is 86.0 Å². The number of carbonyl (C=O) groups excluding carboxylic acids is 2. The highest BCUT2D eigenvalue weighted by atomic mass is 32.2. The van der Waals surface area contributed by atoms with Crippen LogP contribution in [0.3, 0.4) is 0 Å². The average Bonchev–Trinajstić information content (AvgIpc) is 2.84. The summed E-state index contributed by atoms with van der Waals surface area (Å²) in [5.41, 5.74) is 1.15. The van der Waals surface area contributed by atoms with Crippen LogP contribution < -0.4 is 20.1 Å². The molecule has 7 heteroatoms. The number of hydrogen-bond acceptors (Lipinski definition) is 5. The number of anilines is 1. The molecule has 0 spiro atoms. The van der Waals surface area contributed by atoms with Crippen molar-refractivity contribution in [3.8, 4) is 17.2 Å². The van der Waals surface area contributed by atoms with Crippen molar-refractivity contribution in [3.05, 3.63) is 84.4 Å². The number of ether oxygens (including phenoxy) is 2. The molecule has 172 valence electrons. The minimum atomic E-state index is -0.634. The van der Waals surface area contributed by atoms with E-state index in [1.54, 1.807) is 60.3 Å². The van der Waals surface area contributed by atoms with Gasteiger partial charge in [0.05, 0.1) is 6.61 Å². The van der Waals surface area contributed by atoms with Gasteiger partial charge in [-0.1, -0.05) is 18.2 Å². The lowest BCUT2D eigenvalue weighted by Gasteiger charge is -2.18. The van der Waals surface area contributed by atoms with Gasteiger partial charge in [-0.2, -0.15) is 11.8 Å². The Morgan fingerprint density at radius 3 is 2.09 bits per heavy atom. The Labute approximate surface area is 198 Å². The molecule has 0 aliphatic heterocycles. The summed E-state index contributed by atoms with van der Waals surface area (Å²) in [6, 6.07) is 22.7. The first-order valence-electron chi connectivity index (χ1n) is 10.8. The molecule has 0 aliphatic carbocycles. The molecule has 2 amide bonds. The van der Waals surface area contributed by atoms with Gasteiger partial charge in [0.2, 0.25) is 5.91 Å². The van der Waals surface area contributed by atoms with E-state index in [-0.39, 0.29) is 11.8 Å². The van der Waals surface area contributed by atoms with Gasteiger partial charge in [0.15, 0.2) is 0 Å². The van der Waals surface area contributed by atoms with Crippen molar-refractivity contribution in [2.75, 3.05) is 23.9 Å². The van der Waals surface area contributed by atoms with Crippen LogP contribution in [-0.4, -0.2) is 36.5 Å². The number of benzene rings is 3. The zero-order valence-corrected chi connectivity index (χ0v) is 19.6. The summed E-state index contributed by atoms with van der Waals surface area (Å²) in [7, 11) is 0. The van der Waals surface area contributed by atoms with Crippen LogP contribution in [0.2, 0.25) is 0 Å². The van der Waals surface area contributed by atoms with Gasteiger partial charge in [0, 0.05) is 11.3 Å². The van der Waals surface area contributed by atoms with Crippen molar-refractivity contribution in [1.82, 2.24) is 5.32 Å². The molecular formula is C26H28N2O4S. The smallest absolute Gasteiger partial charge is 0.251 e. The normalized spacial score (nSPS) is 11.3. The Kier molecular flexibility index (Phi) is 9.20. The van der Waals surface area contributed by atoms with Crippen molar-refractivity contribution in [1.29, 1.82) is 0 Å². The Bertz CT molecular complexity index is 1020. The molecule has 0 radical (unpaired) electrons. The molecule has 1 atom stereocenters. The highest BCUT2D eigenvalue weighted by Gasteiger charge is 2.21. The Balaban J connectivity index is 1.60. The number of carbonyl (C=O) groups is 2.